The van der Waals surface area contributed by atoms with E-state index in [4.69, 9.17) is 0 Å². The molecule has 25 heavy (non-hydrogen) atoms. The summed E-state index contributed by atoms with van der Waals surface area (Å²) in [5.41, 5.74) is 1.98. The lowest BCUT2D eigenvalue weighted by atomic mass is 10.1. The molecule has 1 aliphatic heterocycles. The summed E-state index contributed by atoms with van der Waals surface area (Å²) in [5.74, 6) is -0.643. The minimum Gasteiger partial charge on any atom is -0.332 e. The number of amides is 4. The van der Waals surface area contributed by atoms with Crippen molar-refractivity contribution in [1.82, 2.24) is 15.1 Å². The predicted molar refractivity (Wildman–Crippen MR) is 92.2 cm³/mol. The number of rotatable bonds is 6. The maximum atomic E-state index is 12.8. The molecule has 2 aromatic carbocycles. The molecule has 3 rings (SSSR count). The highest BCUT2D eigenvalue weighted by Gasteiger charge is 2.31. The van der Waals surface area contributed by atoms with Crippen molar-refractivity contribution in [2.24, 2.45) is 0 Å². The van der Waals surface area contributed by atoms with Gasteiger partial charge in [-0.1, -0.05) is 60.7 Å². The van der Waals surface area contributed by atoms with E-state index in [0.717, 1.165) is 16.0 Å². The third kappa shape index (κ3) is 4.23. The zero-order chi connectivity index (χ0) is 17.6. The van der Waals surface area contributed by atoms with Crippen LogP contribution in [-0.4, -0.2) is 40.7 Å². The summed E-state index contributed by atoms with van der Waals surface area (Å²) in [7, 11) is 0. The normalized spacial score (nSPS) is 13.7. The summed E-state index contributed by atoms with van der Waals surface area (Å²) in [6, 6.07) is 18.7. The molecule has 1 fully saturated rings. The molecule has 0 bridgehead atoms. The minimum atomic E-state index is -0.516. The first-order chi connectivity index (χ1) is 12.1. The van der Waals surface area contributed by atoms with Crippen molar-refractivity contribution in [3.63, 3.8) is 0 Å². The summed E-state index contributed by atoms with van der Waals surface area (Å²) in [6.07, 6.45) is 0. The Bertz CT molecular complexity index is 704. The Balaban J connectivity index is 1.76. The first-order valence-corrected chi connectivity index (χ1v) is 8.07. The molecule has 2 aromatic rings. The molecule has 4 amide bonds. The van der Waals surface area contributed by atoms with E-state index in [0.29, 0.717) is 13.1 Å². The topological polar surface area (TPSA) is 69.7 Å². The second-order valence-corrected chi connectivity index (χ2v) is 5.86. The molecule has 1 heterocycles. The number of carbonyl (C=O) groups is 3. The van der Waals surface area contributed by atoms with Crippen LogP contribution in [0.3, 0.4) is 0 Å². The van der Waals surface area contributed by atoms with Crippen molar-refractivity contribution in [2.45, 2.75) is 13.1 Å². The number of benzene rings is 2. The Morgan fingerprint density at radius 2 is 1.44 bits per heavy atom. The third-order valence-electron chi connectivity index (χ3n) is 4.02. The van der Waals surface area contributed by atoms with Crippen molar-refractivity contribution in [3.05, 3.63) is 71.8 Å². The van der Waals surface area contributed by atoms with Crippen molar-refractivity contribution < 1.29 is 14.4 Å². The van der Waals surface area contributed by atoms with Gasteiger partial charge in [0, 0.05) is 13.1 Å². The van der Waals surface area contributed by atoms with Gasteiger partial charge in [0.1, 0.15) is 6.54 Å². The molecule has 0 spiro atoms. The Morgan fingerprint density at radius 1 is 0.920 bits per heavy atom. The van der Waals surface area contributed by atoms with E-state index in [2.05, 4.69) is 5.32 Å². The van der Waals surface area contributed by atoms with Gasteiger partial charge in [0.2, 0.25) is 5.91 Å². The van der Waals surface area contributed by atoms with Gasteiger partial charge in [-0.25, -0.2) is 4.79 Å². The zero-order valence-electron chi connectivity index (χ0n) is 13.7. The number of nitrogens with one attached hydrogen (secondary N) is 1. The highest BCUT2D eigenvalue weighted by molar-refractivity contribution is 6.04. The molecule has 1 N–H and O–H groups in total. The van der Waals surface area contributed by atoms with Crippen molar-refractivity contribution in [3.8, 4) is 0 Å². The fourth-order valence-electron chi connectivity index (χ4n) is 2.69. The predicted octanol–water partition coefficient (Wildman–Crippen LogP) is 1.77. The molecule has 1 saturated heterocycles. The van der Waals surface area contributed by atoms with Crippen molar-refractivity contribution in [2.75, 3.05) is 13.1 Å². The van der Waals surface area contributed by atoms with Crippen LogP contribution in [0.25, 0.3) is 0 Å². The lowest BCUT2D eigenvalue weighted by molar-refractivity contribution is -0.137. The van der Waals surface area contributed by atoms with Gasteiger partial charge in [0.25, 0.3) is 5.91 Å². The van der Waals surface area contributed by atoms with Crippen LogP contribution < -0.4 is 5.32 Å². The summed E-state index contributed by atoms with van der Waals surface area (Å²) in [6.45, 7) is 0.532. The number of urea groups is 1. The van der Waals surface area contributed by atoms with E-state index < -0.39 is 6.03 Å². The van der Waals surface area contributed by atoms with Gasteiger partial charge in [-0.15, -0.1) is 0 Å². The smallest absolute Gasteiger partial charge is 0.325 e. The van der Waals surface area contributed by atoms with E-state index in [-0.39, 0.29) is 24.9 Å². The van der Waals surface area contributed by atoms with Gasteiger partial charge >= 0.3 is 6.03 Å². The standard InChI is InChI=1S/C19H19N3O3/c23-17-11-20-19(25)22(17)14-18(24)21(12-15-7-3-1-4-8-15)13-16-9-5-2-6-10-16/h1-10H,11-14H2,(H,20,25). The van der Waals surface area contributed by atoms with E-state index in [1.807, 2.05) is 60.7 Å². The maximum Gasteiger partial charge on any atom is 0.325 e. The lowest BCUT2D eigenvalue weighted by Crippen LogP contribution is -2.42. The van der Waals surface area contributed by atoms with Crippen LogP contribution >= 0.6 is 0 Å². The summed E-state index contributed by atoms with van der Waals surface area (Å²) < 4.78 is 0. The lowest BCUT2D eigenvalue weighted by Gasteiger charge is -2.25. The number of carbonyl (C=O) groups excluding carboxylic acids is 3. The Kier molecular flexibility index (Phi) is 5.09. The van der Waals surface area contributed by atoms with Crippen LogP contribution in [0, 0.1) is 0 Å². The van der Waals surface area contributed by atoms with E-state index in [1.165, 1.54) is 0 Å². The Labute approximate surface area is 146 Å². The highest BCUT2D eigenvalue weighted by atomic mass is 16.2. The third-order valence-corrected chi connectivity index (χ3v) is 4.02. The minimum absolute atomic E-state index is 0.0521. The van der Waals surface area contributed by atoms with Gasteiger partial charge in [0.15, 0.2) is 0 Å². The Morgan fingerprint density at radius 3 is 1.88 bits per heavy atom. The van der Waals surface area contributed by atoms with Gasteiger partial charge in [0.05, 0.1) is 6.54 Å². The summed E-state index contributed by atoms with van der Waals surface area (Å²) in [4.78, 5) is 38.8. The van der Waals surface area contributed by atoms with E-state index in [1.54, 1.807) is 4.90 Å². The van der Waals surface area contributed by atoms with Gasteiger partial charge < -0.3 is 10.2 Å². The fraction of sp³-hybridized carbons (Fsp3) is 0.211. The molecule has 128 valence electrons. The molecular formula is C19H19N3O3. The average Bonchev–Trinajstić information content (AvgIpc) is 2.95. The molecule has 0 aromatic heterocycles. The van der Waals surface area contributed by atoms with Gasteiger partial charge in [-0.3, -0.25) is 14.5 Å². The second kappa shape index (κ2) is 7.61. The number of hydrogen-bond donors (Lipinski definition) is 1. The summed E-state index contributed by atoms with van der Waals surface area (Å²) >= 11 is 0. The van der Waals surface area contributed by atoms with Crippen LogP contribution in [-0.2, 0) is 22.7 Å². The molecule has 0 aliphatic carbocycles. The molecular weight excluding hydrogens is 318 g/mol. The Hall–Kier alpha value is -3.15. The first kappa shape index (κ1) is 16.7. The number of nitrogens with zero attached hydrogens (tertiary/aromatic N) is 2. The number of imide groups is 1. The molecule has 6 nitrogen and oxygen atoms in total. The number of hydrogen-bond acceptors (Lipinski definition) is 3. The van der Waals surface area contributed by atoms with Gasteiger partial charge in [-0.05, 0) is 11.1 Å². The largest absolute Gasteiger partial charge is 0.332 e. The monoisotopic (exact) mass is 337 g/mol. The highest BCUT2D eigenvalue weighted by Crippen LogP contribution is 2.12. The van der Waals surface area contributed by atoms with Crippen LogP contribution in [0.5, 0.6) is 0 Å². The van der Waals surface area contributed by atoms with Crippen LogP contribution in [0.15, 0.2) is 60.7 Å². The zero-order valence-corrected chi connectivity index (χ0v) is 13.7. The molecule has 0 saturated carbocycles. The summed E-state index contributed by atoms with van der Waals surface area (Å²) in [5, 5.41) is 2.43. The molecule has 0 atom stereocenters. The molecule has 6 heteroatoms. The molecule has 0 radical (unpaired) electrons. The molecule has 0 unspecified atom stereocenters. The quantitative estimate of drug-likeness (QED) is 0.817. The van der Waals surface area contributed by atoms with E-state index in [9.17, 15) is 14.4 Å². The van der Waals surface area contributed by atoms with Crippen LogP contribution in [0.4, 0.5) is 4.79 Å². The maximum absolute atomic E-state index is 12.8. The first-order valence-electron chi connectivity index (χ1n) is 8.07. The van der Waals surface area contributed by atoms with Crippen LogP contribution in [0.2, 0.25) is 0 Å². The fourth-order valence-corrected chi connectivity index (χ4v) is 2.69. The molecule has 1 aliphatic rings. The van der Waals surface area contributed by atoms with Crippen LogP contribution in [0.1, 0.15) is 11.1 Å². The van der Waals surface area contributed by atoms with Crippen molar-refractivity contribution in [1.29, 1.82) is 0 Å². The SMILES string of the molecule is O=C(CN1C(=O)CNC1=O)N(Cc1ccccc1)Cc1ccccc1. The van der Waals surface area contributed by atoms with E-state index >= 15 is 0 Å². The second-order valence-electron chi connectivity index (χ2n) is 5.86. The van der Waals surface area contributed by atoms with Crippen molar-refractivity contribution >= 4 is 17.8 Å². The average molecular weight is 337 g/mol. The van der Waals surface area contributed by atoms with Gasteiger partial charge in [-0.2, -0.15) is 0 Å².